The summed E-state index contributed by atoms with van der Waals surface area (Å²) in [6.45, 7) is 25.3. The highest BCUT2D eigenvalue weighted by Crippen LogP contribution is 2.28. The monoisotopic (exact) mass is 1350 g/mol. The smallest absolute Gasteiger partial charge is 0.246 e. The highest BCUT2D eigenvalue weighted by Gasteiger charge is 2.48. The molecule has 2 saturated heterocycles. The number of hydrogen-bond donors (Lipinski definition) is 4. The number of nitrogens with one attached hydrogen (secondary N) is 3. The number of carbonyl (C=O) groups excluding carboxylic acids is 11. The van der Waals surface area contributed by atoms with Gasteiger partial charge < -0.3 is 69.8 Å². The van der Waals surface area contributed by atoms with E-state index in [0.29, 0.717) is 12.8 Å². The molecule has 3 rings (SSSR count). The molecule has 1 aromatic rings. The third kappa shape index (κ3) is 22.0. The Morgan fingerprint density at radius 1 is 0.615 bits per heavy atom. The van der Waals surface area contributed by atoms with Crippen molar-refractivity contribution >= 4 is 71.2 Å². The molecule has 0 aliphatic carbocycles. The lowest BCUT2D eigenvalue weighted by Crippen LogP contribution is -2.65. The van der Waals surface area contributed by atoms with Crippen molar-refractivity contribution in [3.8, 4) is 0 Å². The Labute approximate surface area is 570 Å². The van der Waals surface area contributed by atoms with E-state index >= 15 is 28.8 Å². The largest absolute Gasteiger partial charge is 0.391 e. The SMILES string of the molecule is C/C=C/C[C@@H](C)[C@@H](O)[C@@H]1C(=O)N[C@@H](CC)C(=O)N(C)CC(=O)N(C)[C@@H]([C@@H](C)OCCC/C=N/OCc2ccccc2)C(=O)N[C@@H](C(C)C)C(=O)N(C)[C@@H](CC(C)C)C(=O)N[C@@H](C)C(=O)N2C(C)C[C@@H](C(=O)N(C)[C@@H](C(C)C)C(=O)N1C)N(C)C(=O)[C@H](CC(C)C)N(C)C(=O)[C@H]2C. The molecular weight excluding hydrogens is 1230 g/mol. The number of oxime groups is 1. The van der Waals surface area contributed by atoms with Crippen molar-refractivity contribution in [2.75, 3.05) is 62.5 Å². The highest BCUT2D eigenvalue weighted by atomic mass is 16.6. The minimum Gasteiger partial charge on any atom is -0.391 e. The number of aliphatic hydroxyl groups excluding tert-OH is 1. The lowest BCUT2D eigenvalue weighted by atomic mass is 9.91. The maximum absolute atomic E-state index is 15.6. The maximum Gasteiger partial charge on any atom is 0.246 e. The topological polar surface area (TPSA) is 301 Å². The van der Waals surface area contributed by atoms with Gasteiger partial charge in [0, 0.05) is 68.2 Å². The summed E-state index contributed by atoms with van der Waals surface area (Å²) in [7, 11) is 9.74. The Morgan fingerprint density at radius 3 is 1.75 bits per heavy atom. The summed E-state index contributed by atoms with van der Waals surface area (Å²) in [5.74, 6) is -10.2. The molecule has 2 bridgehead atoms. The van der Waals surface area contributed by atoms with Gasteiger partial charge in [-0.1, -0.05) is 117 Å². The van der Waals surface area contributed by atoms with Crippen molar-refractivity contribution in [2.45, 2.75) is 234 Å². The fourth-order valence-electron chi connectivity index (χ4n) is 12.5. The van der Waals surface area contributed by atoms with Gasteiger partial charge in [-0.3, -0.25) is 52.7 Å². The van der Waals surface area contributed by atoms with Crippen LogP contribution in [0.2, 0.25) is 0 Å². The van der Waals surface area contributed by atoms with Crippen LogP contribution in [0.4, 0.5) is 0 Å². The number of ether oxygens (including phenoxy) is 1. The van der Waals surface area contributed by atoms with Crippen LogP contribution in [0.3, 0.4) is 0 Å². The molecule has 14 atom stereocenters. The summed E-state index contributed by atoms with van der Waals surface area (Å²) in [6.07, 6.45) is 3.67. The summed E-state index contributed by atoms with van der Waals surface area (Å²) in [5, 5.41) is 24.7. The van der Waals surface area contributed by atoms with E-state index in [0.717, 1.165) is 20.3 Å². The van der Waals surface area contributed by atoms with E-state index in [2.05, 4.69) is 21.1 Å². The second-order valence-electron chi connectivity index (χ2n) is 27.8. The van der Waals surface area contributed by atoms with E-state index in [1.807, 2.05) is 58.0 Å². The first-order valence-electron chi connectivity index (χ1n) is 34.1. The Bertz CT molecular complexity index is 2850. The molecular formula is C70H116N12O14. The van der Waals surface area contributed by atoms with Gasteiger partial charge in [-0.15, -0.1) is 0 Å². The van der Waals surface area contributed by atoms with Gasteiger partial charge in [-0.25, -0.2) is 0 Å². The fourth-order valence-corrected chi connectivity index (χ4v) is 12.5. The number of aliphatic hydroxyl groups is 1. The molecule has 0 spiro atoms. The Morgan fingerprint density at radius 2 is 1.19 bits per heavy atom. The number of amides is 11. The van der Waals surface area contributed by atoms with Crippen LogP contribution >= 0.6 is 0 Å². The van der Waals surface area contributed by atoms with Gasteiger partial charge in [-0.05, 0) is 115 Å². The van der Waals surface area contributed by atoms with Gasteiger partial charge in [0.15, 0.2) is 0 Å². The number of fused-ring (bicyclic) bond motifs is 3. The molecule has 2 heterocycles. The third-order valence-corrected chi connectivity index (χ3v) is 18.4. The number of allylic oxidation sites excluding steroid dienone is 2. The summed E-state index contributed by atoms with van der Waals surface area (Å²) < 4.78 is 6.26. The predicted octanol–water partition coefficient (Wildman–Crippen LogP) is 4.07. The number of benzene rings is 1. The average Bonchev–Trinajstić information content (AvgIpc) is 0.791. The molecule has 26 nitrogen and oxygen atoms in total. The van der Waals surface area contributed by atoms with Crippen molar-refractivity contribution < 1.29 is 67.4 Å². The van der Waals surface area contributed by atoms with E-state index in [1.54, 1.807) is 80.7 Å². The second kappa shape index (κ2) is 38.5. The van der Waals surface area contributed by atoms with Gasteiger partial charge >= 0.3 is 0 Å². The Balaban J connectivity index is 2.36. The number of nitrogens with zero attached hydrogens (tertiary/aromatic N) is 9. The van der Waals surface area contributed by atoms with Crippen molar-refractivity contribution in [3.63, 3.8) is 0 Å². The number of hydrogen-bond acceptors (Lipinski definition) is 15. The minimum absolute atomic E-state index is 0.0212. The lowest BCUT2D eigenvalue weighted by Gasteiger charge is -2.45. The molecule has 11 amide bonds. The molecule has 2 fully saturated rings. The third-order valence-electron chi connectivity index (χ3n) is 18.4. The summed E-state index contributed by atoms with van der Waals surface area (Å²) >= 11 is 0. The molecule has 0 radical (unpaired) electrons. The molecule has 2 aliphatic heterocycles. The van der Waals surface area contributed by atoms with Crippen LogP contribution in [0.5, 0.6) is 0 Å². The van der Waals surface area contributed by atoms with Crippen molar-refractivity contribution in [1.82, 2.24) is 55.1 Å². The summed E-state index contributed by atoms with van der Waals surface area (Å²) in [6, 6.07) is -4.98. The van der Waals surface area contributed by atoms with Gasteiger partial charge in [0.2, 0.25) is 65.0 Å². The molecule has 0 aromatic heterocycles. The Kier molecular flexibility index (Phi) is 33.1. The van der Waals surface area contributed by atoms with E-state index in [-0.39, 0.29) is 57.2 Å². The van der Waals surface area contributed by atoms with E-state index in [9.17, 15) is 29.1 Å². The molecule has 2 aliphatic rings. The number of rotatable bonds is 20. The Hall–Kier alpha value is -7.48. The zero-order chi connectivity index (χ0) is 72.9. The molecule has 96 heavy (non-hydrogen) atoms. The first-order valence-corrected chi connectivity index (χ1v) is 34.1. The van der Waals surface area contributed by atoms with E-state index in [1.165, 1.54) is 87.7 Å². The maximum atomic E-state index is 15.6. The number of unbranched alkanes of at least 4 members (excludes halogenated alkanes) is 1. The van der Waals surface area contributed by atoms with Crippen LogP contribution in [0, 0.1) is 29.6 Å². The first kappa shape index (κ1) is 82.7. The number of likely N-dealkylation sites (N-methyl/N-ethyl adjacent to an activating group) is 7. The molecule has 26 heteroatoms. The predicted molar refractivity (Wildman–Crippen MR) is 367 cm³/mol. The minimum atomic E-state index is -1.67. The van der Waals surface area contributed by atoms with Crippen LogP contribution in [0.25, 0.3) is 0 Å². The van der Waals surface area contributed by atoms with Crippen molar-refractivity contribution in [3.05, 3.63) is 48.0 Å². The molecule has 1 unspecified atom stereocenters. The van der Waals surface area contributed by atoms with Gasteiger partial charge in [0.1, 0.15) is 67.0 Å². The molecule has 1 aromatic carbocycles. The van der Waals surface area contributed by atoms with Gasteiger partial charge in [0.25, 0.3) is 0 Å². The summed E-state index contributed by atoms with van der Waals surface area (Å²) in [4.78, 5) is 180. The zero-order valence-corrected chi connectivity index (χ0v) is 61.4. The van der Waals surface area contributed by atoms with Crippen LogP contribution in [-0.4, -0.2) is 257 Å². The van der Waals surface area contributed by atoms with E-state index < -0.39 is 168 Å². The molecule has 0 saturated carbocycles. The number of carbonyl (C=O) groups is 11. The fraction of sp³-hybridized carbons (Fsp3) is 0.714. The highest BCUT2D eigenvalue weighted by molar-refractivity contribution is 6.00. The van der Waals surface area contributed by atoms with Crippen molar-refractivity contribution in [1.29, 1.82) is 0 Å². The quantitative estimate of drug-likeness (QED) is 0.0620. The zero-order valence-electron chi connectivity index (χ0n) is 61.4. The molecule has 540 valence electrons. The average molecular weight is 1350 g/mol. The van der Waals surface area contributed by atoms with Crippen LogP contribution < -0.4 is 16.0 Å². The molecule has 4 N–H and O–H groups in total. The summed E-state index contributed by atoms with van der Waals surface area (Å²) in [5.41, 5.74) is 0.939. The first-order chi connectivity index (χ1) is 44.9. The van der Waals surface area contributed by atoms with Crippen LogP contribution in [0.15, 0.2) is 47.6 Å². The standard InChI is InChI=1S/C70H116N12O14/c1-23-25-31-45(11)60(84)59-63(87)73-51(24-2)66(90)75(16)39-55(83)79(20)58(49(15)95-35-30-29-34-71-96-40-50-32-27-26-28-33-50)62(86)74-56(43(7)8)69(93)76(17)52(36-41(3)4)61(85)72-47(13)64(88)82-46(12)38-54(68(92)80(21)57(44(9)10)70(94)81(59)22)78(19)67(91)53(37-42(5)6)77(18)65(89)48(82)14/h23,25-28,32-34,41-49,51-54,56-60,84H,24,29-31,35-40H2,1-22H3,(H,72,85)(H,73,87)(H,74,86)/b25-23+,71-34+/t45-,46?,47+,48-,49-,51+,52+,53+,54+,56+,57+,58+,59-,60-/m1/s1. The van der Waals surface area contributed by atoms with Gasteiger partial charge in [-0.2, -0.15) is 0 Å². The van der Waals surface area contributed by atoms with E-state index in [4.69, 9.17) is 9.57 Å². The van der Waals surface area contributed by atoms with Gasteiger partial charge in [0.05, 0.1) is 18.8 Å². The lowest BCUT2D eigenvalue weighted by molar-refractivity contribution is -0.161. The van der Waals surface area contributed by atoms with Crippen LogP contribution in [0.1, 0.15) is 154 Å². The second-order valence-corrected chi connectivity index (χ2v) is 27.8. The van der Waals surface area contributed by atoms with Crippen LogP contribution in [-0.2, 0) is 68.9 Å². The normalized spacial score (nSPS) is 26.7. The van der Waals surface area contributed by atoms with Crippen molar-refractivity contribution in [2.24, 2.45) is 34.7 Å².